The molecule has 8 aliphatic heterocycles. The van der Waals surface area contributed by atoms with Gasteiger partial charge >= 0.3 is 350 Å². The van der Waals surface area contributed by atoms with Gasteiger partial charge in [0.25, 0.3) is 0 Å². The van der Waals surface area contributed by atoms with Gasteiger partial charge in [-0.2, -0.15) is 64.8 Å². The van der Waals surface area contributed by atoms with Gasteiger partial charge in [0.1, 0.15) is 73.2 Å². The first-order chi connectivity index (χ1) is 55.9. The number of nitrogens with two attached hydrogens (primary N) is 4. The molecule has 66 nitrogen and oxygen atoms in total. The third-order valence-corrected chi connectivity index (χ3v) is 15.9. The van der Waals surface area contributed by atoms with Crippen LogP contribution in [0.1, 0.15) is 0 Å². The van der Waals surface area contributed by atoms with Crippen LogP contribution in [0.4, 0.5) is 0 Å². The smallest absolute Gasteiger partial charge is 0.726 e. The molecule has 0 aromatic rings. The third kappa shape index (κ3) is 72.6. The molecule has 8 fully saturated rings. The van der Waals surface area contributed by atoms with Gasteiger partial charge in [-0.3, -0.25) is 30.8 Å². The second-order valence-corrected chi connectivity index (χ2v) is 29.6. The molecule has 22 N–H and O–H groups in total. The zero-order valence-electron chi connectivity index (χ0n) is 70.9. The number of carbonyl (C=O) groups excluding carboxylic acids is 8. The zero-order valence-corrected chi connectivity index (χ0v) is 98.7. The number of rotatable bonds is 25. The fourth-order valence-corrected chi connectivity index (χ4v) is 10.9. The summed E-state index contributed by atoms with van der Waals surface area (Å²) in [5, 5.41) is 108. The van der Waals surface area contributed by atoms with Crippen molar-refractivity contribution in [2.24, 2.45) is 22.9 Å². The molecule has 8 saturated heterocycles. The monoisotopic (exact) mass is 2190 g/mol. The number of aliphatic hydroxyl groups excluding tert-OH is 10. The summed E-state index contributed by atoms with van der Waals surface area (Å²) >= 11 is 0. The van der Waals surface area contributed by atoms with E-state index in [0.29, 0.717) is 0 Å². The van der Waals surface area contributed by atoms with E-state index in [4.69, 9.17) is 207 Å². The van der Waals surface area contributed by atoms with E-state index in [0.717, 1.165) is 59.2 Å². The van der Waals surface area contributed by atoms with Crippen LogP contribution in [0.3, 0.4) is 0 Å². The fourth-order valence-electron chi connectivity index (χ4n) is 9.96. The summed E-state index contributed by atoms with van der Waals surface area (Å²) in [5.74, 6) is 0. The first kappa shape index (κ1) is 165. The second kappa shape index (κ2) is 81.2. The van der Waals surface area contributed by atoms with Gasteiger partial charge in [0, 0.05) is 32.3 Å². The van der Waals surface area contributed by atoms with Crippen molar-refractivity contribution in [2.45, 2.75) is 197 Å². The molecule has 8 aliphatic rings. The first-order valence-electron chi connectivity index (χ1n) is 31.2. The average Bonchev–Trinajstić information content (AvgIpc) is 0.794. The van der Waals surface area contributed by atoms with E-state index in [9.17, 15) is 90.0 Å². The zero-order chi connectivity index (χ0) is 94.7. The number of aliphatic hydroxyl groups is 10. The predicted molar refractivity (Wildman–Crippen MR) is 339 cm³/mol. The van der Waals surface area contributed by atoms with Crippen molar-refractivity contribution in [1.82, 2.24) is 0 Å². The SMILES string of the molecule is CO[C@H]1OC(COS(=O)(=O)[O-])[C@@H](O[C@H]2[CH-][C@H](O)[C@H](O[C@H]3OC(COS(=O)(=O)[O-])[C@H](O[C@H]4[CH-][C@H](O)[C@H](O[C@H]5OC(CO)[C@@H](O[C@H]6[CH-][C@H](O)[C@H](O[C@@H]7OC(COS(=O)(=O)[O-])[C@H](O[C@H]8[CH-][C@H](O)[C@H](O)[CH-]O8)[C@H](O)C7N)[CH-]O6)[C@H](O)C5N)[CH-]O4)[C@H](O)C3N)[CH-]O2)[C@H](O)C1N.O=C=O.O=C=O.O=C=O.O=C=O.O=S(=O)([O-])O.O=S(=O)([O-])O.O=S(=O)([O-])O.O=S(=O)([O-])O.[Na+].[Na+].[Na+].[Na+].[Na+].[Na+].[Na+].[Na+].[Na+].[Na+].[Na+]. The molecule has 0 bridgehead atoms. The van der Waals surface area contributed by atoms with Crippen molar-refractivity contribution >= 4 is 97.4 Å². The third-order valence-electron chi connectivity index (χ3n) is 14.6. The van der Waals surface area contributed by atoms with Crippen LogP contribution in [0.25, 0.3) is 0 Å². The normalized spacial score (nSPS) is 33.8. The standard InChI is InChI=1S/C45H72N4O38S3.4CO2.11Na.4H2O4S/c1-69-42-30(46)34(56)39(23(81-42)11-74-88(60,61)62)86-28-5-17(54)22(10-73-28)80-45-33(49)37(59)41(25(83-45)13-76-90(66,67)68)87-29-4-16(53)20(8-72-29)78-43-31(47)35(57)38(19(6-50)77-43)84-27-3-15(52)21(9-71-27)79-44-32(48)36(58)40(24(82-44)12-75-89(63,64)65)85-26-2-14(51)18(55)7-70-26;4*2-1-3;;;;;;;;;;;;4*1-5(2,3)4/h2-5,7-10,14-45,50-59H,6,11-13,46-49H2,1H3,(H,60,61,62)(H,63,64,65)(H,66,67,68);;;;;;;;;;;;;;;;4*(H2,1,2,3,4)/q-8;;;;;11*+1;;;;/p-7/t14-,15-,16-,17-,18+,19?,20+,21+,22+,23?,24?,25?,26-,27-,28-,29-,30?,31?,32?,33?,34+,35+,36+,37+,38+,39+,40-,41-,42-,43+,44+,45-;;;;;;;;;;;;;;;;;;;/m0.................../s1. The van der Waals surface area contributed by atoms with Crippen LogP contribution in [-0.2, 0) is 199 Å². The Morgan fingerprint density at radius 3 is 0.677 bits per heavy atom. The number of hydrogen-bond acceptors (Lipinski definition) is 62. The Bertz CT molecular complexity index is 3900. The van der Waals surface area contributed by atoms with Crippen molar-refractivity contribution < 1.29 is 612 Å². The molecule has 0 aromatic heterocycles. The molecule has 0 aromatic carbocycles. The molecular formula is C49H73N4Na11O62S7-4. The van der Waals surface area contributed by atoms with E-state index in [-0.39, 0.29) is 350 Å². The Hall–Kier alpha value is 6.41. The van der Waals surface area contributed by atoms with Crippen molar-refractivity contribution in [1.29, 1.82) is 0 Å². The molecular weight excluding hydrogens is 2110 g/mol. The van der Waals surface area contributed by atoms with Gasteiger partial charge in [-0.15, -0.1) is 0 Å². The van der Waals surface area contributed by atoms with Gasteiger partial charge < -0.3 is 182 Å². The van der Waals surface area contributed by atoms with Gasteiger partial charge in [-0.05, 0) is 24.4 Å². The van der Waals surface area contributed by atoms with Crippen molar-refractivity contribution in [3.05, 3.63) is 52.1 Å². The largest absolute Gasteiger partial charge is 1.00 e. The number of ether oxygens (including phenoxy) is 16. The molecule has 8 heterocycles. The topological polar surface area (TPSA) is 1100 Å². The van der Waals surface area contributed by atoms with Crippen LogP contribution in [0.2, 0.25) is 0 Å². The maximum absolute atomic E-state index is 11.6. The molecule has 0 radical (unpaired) electrons. The summed E-state index contributed by atoms with van der Waals surface area (Å²) in [6.07, 6.45) is -40.4. The van der Waals surface area contributed by atoms with Gasteiger partial charge in [0.05, 0.1) is 50.6 Å². The van der Waals surface area contributed by atoms with Crippen LogP contribution in [0.15, 0.2) is 0 Å². The average molecular weight is 2190 g/mol. The molecule has 32 atom stereocenters. The maximum atomic E-state index is 11.6. The Kier molecular flexibility index (Phi) is 100. The van der Waals surface area contributed by atoms with E-state index in [1.54, 1.807) is 0 Å². The van der Waals surface area contributed by atoms with E-state index in [2.05, 4.69) is 12.5 Å². The Morgan fingerprint density at radius 1 is 0.308 bits per heavy atom. The maximum Gasteiger partial charge on any atom is 1.00 e. The van der Waals surface area contributed by atoms with Crippen LogP contribution in [0, 0.1) is 52.1 Å². The first-order valence-corrected chi connectivity index (χ1v) is 40.7. The Labute approximate surface area is 999 Å². The summed E-state index contributed by atoms with van der Waals surface area (Å²) in [7, 11) is -34.6. The molecule has 718 valence electrons. The summed E-state index contributed by atoms with van der Waals surface area (Å²) in [4.78, 5) is 65.0. The van der Waals surface area contributed by atoms with E-state index >= 15 is 0 Å². The molecule has 8 unspecified atom stereocenters. The summed E-state index contributed by atoms with van der Waals surface area (Å²) < 4.78 is 336. The summed E-state index contributed by atoms with van der Waals surface area (Å²) in [6.45, 7) is -0.643. The molecule has 8 rings (SSSR count). The molecule has 0 saturated carbocycles. The molecule has 133 heavy (non-hydrogen) atoms. The minimum Gasteiger partial charge on any atom is -0.726 e. The second-order valence-electron chi connectivity index (χ2n) is 23.0. The summed E-state index contributed by atoms with van der Waals surface area (Å²) in [5.41, 5.74) is 24.7. The van der Waals surface area contributed by atoms with Gasteiger partial charge in [-0.1, -0.05) is 24.4 Å². The Morgan fingerprint density at radius 2 is 0.489 bits per heavy atom. The Balaban J connectivity index is -0.000000296. The van der Waals surface area contributed by atoms with Gasteiger partial charge in [-0.25, -0.2) is 84.6 Å². The predicted octanol–water partition coefficient (Wildman–Crippen LogP) is -52.2. The van der Waals surface area contributed by atoms with Crippen molar-refractivity contribution in [3.63, 3.8) is 0 Å². The van der Waals surface area contributed by atoms with Crippen LogP contribution in [-0.4, -0.2) is 415 Å². The van der Waals surface area contributed by atoms with Crippen molar-refractivity contribution in [2.75, 3.05) is 33.5 Å². The van der Waals surface area contributed by atoms with Crippen LogP contribution >= 0.6 is 0 Å². The van der Waals surface area contributed by atoms with Crippen molar-refractivity contribution in [3.8, 4) is 0 Å². The van der Waals surface area contributed by atoms with Crippen LogP contribution in [0.5, 0.6) is 0 Å². The molecule has 84 heteroatoms. The van der Waals surface area contributed by atoms with Gasteiger partial charge in [0.2, 0.25) is 72.8 Å². The number of hydrogen-bond donors (Lipinski definition) is 18. The molecule has 0 aliphatic carbocycles. The molecule has 0 spiro atoms. The van der Waals surface area contributed by atoms with E-state index in [1.807, 2.05) is 0 Å². The number of methoxy groups -OCH3 is 1. The van der Waals surface area contributed by atoms with E-state index in [1.165, 1.54) is 0 Å². The minimum atomic E-state index is -5.45. The quantitative estimate of drug-likeness (QED) is 0.0175. The van der Waals surface area contributed by atoms with Crippen LogP contribution < -0.4 is 348 Å². The minimum absolute atomic E-state index is 0. The van der Waals surface area contributed by atoms with E-state index < -0.39 is 296 Å². The molecule has 0 amide bonds. The summed E-state index contributed by atoms with van der Waals surface area (Å²) in [6, 6.07) is -6.03. The van der Waals surface area contributed by atoms with Gasteiger partial charge in [0.15, 0.2) is 25.2 Å². The fraction of sp³-hybridized carbons (Fsp3) is 0.755.